The number of para-hydroxylation sites is 2. The summed E-state index contributed by atoms with van der Waals surface area (Å²) in [7, 11) is 2.97. The van der Waals surface area contributed by atoms with Crippen LogP contribution in [0, 0.1) is 0 Å². The van der Waals surface area contributed by atoms with E-state index < -0.39 is 12.1 Å². The van der Waals surface area contributed by atoms with E-state index in [1.807, 2.05) is 23.1 Å². The number of ether oxygens (including phenoxy) is 3. The van der Waals surface area contributed by atoms with Gasteiger partial charge in [0.15, 0.2) is 5.11 Å². The standard InChI is InChI=1S/C14H18N2O4S/c1-18-8-7-15-14(21)16-9-12(13(17)19-2)20-11-6-4-3-5-10(11)16/h3-6,12H,7-9H2,1-2H3,(H,15,21)/t12-/m1/s1. The quantitative estimate of drug-likeness (QED) is 0.505. The highest BCUT2D eigenvalue weighted by Crippen LogP contribution is 2.33. The minimum absolute atomic E-state index is 0.308. The molecule has 0 aromatic heterocycles. The summed E-state index contributed by atoms with van der Waals surface area (Å²) in [5.41, 5.74) is 0.826. The van der Waals surface area contributed by atoms with Gasteiger partial charge in [0.1, 0.15) is 5.75 Å². The summed E-state index contributed by atoms with van der Waals surface area (Å²) in [6.07, 6.45) is -0.702. The number of methoxy groups -OCH3 is 2. The van der Waals surface area contributed by atoms with Crippen molar-refractivity contribution in [3.63, 3.8) is 0 Å². The number of anilines is 1. The second kappa shape index (κ2) is 7.24. The fraction of sp³-hybridized carbons (Fsp3) is 0.429. The van der Waals surface area contributed by atoms with E-state index in [1.54, 1.807) is 13.2 Å². The van der Waals surface area contributed by atoms with Crippen LogP contribution in [0.25, 0.3) is 0 Å². The Hall–Kier alpha value is -1.86. The summed E-state index contributed by atoms with van der Waals surface area (Å²) in [5, 5.41) is 3.62. The molecule has 1 aromatic rings. The third-order valence-electron chi connectivity index (χ3n) is 3.07. The first-order valence-corrected chi connectivity index (χ1v) is 6.96. The van der Waals surface area contributed by atoms with Crippen molar-refractivity contribution in [1.29, 1.82) is 0 Å². The Labute approximate surface area is 129 Å². The second-order valence-corrected chi connectivity index (χ2v) is 4.82. The van der Waals surface area contributed by atoms with Crippen LogP contribution in [-0.2, 0) is 14.3 Å². The molecule has 0 radical (unpaired) electrons. The van der Waals surface area contributed by atoms with Gasteiger partial charge in [-0.15, -0.1) is 0 Å². The molecule has 0 fully saturated rings. The highest BCUT2D eigenvalue weighted by Gasteiger charge is 2.32. The van der Waals surface area contributed by atoms with Crippen LogP contribution in [0.2, 0.25) is 0 Å². The molecule has 1 N–H and O–H groups in total. The van der Waals surface area contributed by atoms with E-state index in [9.17, 15) is 4.79 Å². The number of benzene rings is 1. The summed E-state index contributed by atoms with van der Waals surface area (Å²) >= 11 is 5.39. The van der Waals surface area contributed by atoms with E-state index in [0.717, 1.165) is 5.69 Å². The Morgan fingerprint density at radius 3 is 2.95 bits per heavy atom. The van der Waals surface area contributed by atoms with Gasteiger partial charge in [-0.3, -0.25) is 0 Å². The maximum Gasteiger partial charge on any atom is 0.348 e. The third-order valence-corrected chi connectivity index (χ3v) is 3.43. The van der Waals surface area contributed by atoms with Crippen molar-refractivity contribution in [2.75, 3.05) is 38.8 Å². The molecule has 0 spiro atoms. The van der Waals surface area contributed by atoms with E-state index in [4.69, 9.17) is 26.4 Å². The fourth-order valence-corrected chi connectivity index (χ4v) is 2.31. The monoisotopic (exact) mass is 310 g/mol. The van der Waals surface area contributed by atoms with Crippen molar-refractivity contribution < 1.29 is 19.0 Å². The van der Waals surface area contributed by atoms with Crippen LogP contribution < -0.4 is 15.0 Å². The van der Waals surface area contributed by atoms with Gasteiger partial charge < -0.3 is 24.4 Å². The normalized spacial score (nSPS) is 16.7. The molecule has 1 aliphatic rings. The summed E-state index contributed by atoms with van der Waals surface area (Å²) in [5.74, 6) is 0.184. The fourth-order valence-electron chi connectivity index (χ4n) is 2.04. The lowest BCUT2D eigenvalue weighted by Crippen LogP contribution is -2.51. The molecule has 0 bridgehead atoms. The molecular weight excluding hydrogens is 292 g/mol. The molecular formula is C14H18N2O4S. The summed E-state index contributed by atoms with van der Waals surface area (Å²) in [6, 6.07) is 7.44. The maximum absolute atomic E-state index is 11.7. The Balaban J connectivity index is 2.18. The molecule has 1 heterocycles. The number of carbonyl (C=O) groups is 1. The molecule has 1 aliphatic heterocycles. The SMILES string of the molecule is COCCNC(=S)N1C[C@H](C(=O)OC)Oc2ccccc21. The highest BCUT2D eigenvalue weighted by molar-refractivity contribution is 7.80. The van der Waals surface area contributed by atoms with Gasteiger partial charge in [0.05, 0.1) is 25.9 Å². The van der Waals surface area contributed by atoms with Gasteiger partial charge in [-0.1, -0.05) is 12.1 Å². The van der Waals surface area contributed by atoms with Crippen LogP contribution in [-0.4, -0.2) is 51.1 Å². The molecule has 2 rings (SSSR count). The zero-order valence-electron chi connectivity index (χ0n) is 12.0. The predicted molar refractivity (Wildman–Crippen MR) is 82.7 cm³/mol. The second-order valence-electron chi connectivity index (χ2n) is 4.43. The average molecular weight is 310 g/mol. The zero-order chi connectivity index (χ0) is 15.2. The number of nitrogens with one attached hydrogen (secondary N) is 1. The minimum Gasteiger partial charge on any atom is -0.475 e. The first-order valence-electron chi connectivity index (χ1n) is 6.55. The molecule has 0 amide bonds. The first-order chi connectivity index (χ1) is 10.2. The average Bonchev–Trinajstić information content (AvgIpc) is 2.53. The van der Waals surface area contributed by atoms with Crippen LogP contribution >= 0.6 is 12.2 Å². The van der Waals surface area contributed by atoms with Gasteiger partial charge in [0.2, 0.25) is 6.10 Å². The molecule has 6 nitrogen and oxygen atoms in total. The van der Waals surface area contributed by atoms with Crippen LogP contribution in [0.1, 0.15) is 0 Å². The highest BCUT2D eigenvalue weighted by atomic mass is 32.1. The van der Waals surface area contributed by atoms with Crippen LogP contribution in [0.4, 0.5) is 5.69 Å². The van der Waals surface area contributed by atoms with E-state index >= 15 is 0 Å². The zero-order valence-corrected chi connectivity index (χ0v) is 12.8. The van der Waals surface area contributed by atoms with Gasteiger partial charge in [0, 0.05) is 13.7 Å². The van der Waals surface area contributed by atoms with Crippen molar-refractivity contribution in [2.24, 2.45) is 0 Å². The molecule has 1 aromatic carbocycles. The molecule has 0 saturated heterocycles. The Morgan fingerprint density at radius 2 is 2.24 bits per heavy atom. The molecule has 0 saturated carbocycles. The number of carbonyl (C=O) groups excluding carboxylic acids is 1. The lowest BCUT2D eigenvalue weighted by Gasteiger charge is -2.35. The van der Waals surface area contributed by atoms with Crippen molar-refractivity contribution in [3.8, 4) is 5.75 Å². The van der Waals surface area contributed by atoms with E-state index in [-0.39, 0.29) is 0 Å². The number of fused-ring (bicyclic) bond motifs is 1. The van der Waals surface area contributed by atoms with Crippen LogP contribution in [0.3, 0.4) is 0 Å². The summed E-state index contributed by atoms with van der Waals surface area (Å²) in [6.45, 7) is 1.45. The number of nitrogens with zero attached hydrogens (tertiary/aromatic N) is 1. The van der Waals surface area contributed by atoms with Crippen molar-refractivity contribution >= 4 is 29.0 Å². The van der Waals surface area contributed by atoms with E-state index in [0.29, 0.717) is 30.6 Å². The number of hydrogen-bond donors (Lipinski definition) is 1. The Kier molecular flexibility index (Phi) is 5.35. The topological polar surface area (TPSA) is 60.0 Å². The summed E-state index contributed by atoms with van der Waals surface area (Å²) < 4.78 is 15.4. The van der Waals surface area contributed by atoms with E-state index in [1.165, 1.54) is 7.11 Å². The number of esters is 1. The van der Waals surface area contributed by atoms with Gasteiger partial charge in [-0.05, 0) is 24.4 Å². The molecule has 0 unspecified atom stereocenters. The Bertz CT molecular complexity index is 523. The number of hydrogen-bond acceptors (Lipinski definition) is 5. The summed E-state index contributed by atoms with van der Waals surface area (Å²) in [4.78, 5) is 13.6. The molecule has 0 aliphatic carbocycles. The van der Waals surface area contributed by atoms with Crippen molar-refractivity contribution in [1.82, 2.24) is 5.32 Å². The Morgan fingerprint density at radius 1 is 1.48 bits per heavy atom. The van der Waals surface area contributed by atoms with Gasteiger partial charge in [0.25, 0.3) is 0 Å². The molecule has 21 heavy (non-hydrogen) atoms. The molecule has 1 atom stereocenters. The van der Waals surface area contributed by atoms with Crippen molar-refractivity contribution in [2.45, 2.75) is 6.10 Å². The molecule has 114 valence electrons. The van der Waals surface area contributed by atoms with Crippen molar-refractivity contribution in [3.05, 3.63) is 24.3 Å². The van der Waals surface area contributed by atoms with Crippen LogP contribution in [0.15, 0.2) is 24.3 Å². The number of thiocarbonyl (C=S) groups is 1. The first kappa shape index (κ1) is 15.5. The smallest absolute Gasteiger partial charge is 0.348 e. The minimum atomic E-state index is -0.702. The third kappa shape index (κ3) is 3.62. The van der Waals surface area contributed by atoms with Gasteiger partial charge in [-0.25, -0.2) is 4.79 Å². The predicted octanol–water partition coefficient (Wildman–Crippen LogP) is 0.948. The largest absolute Gasteiger partial charge is 0.475 e. The van der Waals surface area contributed by atoms with Gasteiger partial charge >= 0.3 is 5.97 Å². The molecule has 7 heteroatoms. The lowest BCUT2D eigenvalue weighted by atomic mass is 10.2. The number of rotatable bonds is 4. The maximum atomic E-state index is 11.7. The van der Waals surface area contributed by atoms with Crippen LogP contribution in [0.5, 0.6) is 5.75 Å². The lowest BCUT2D eigenvalue weighted by molar-refractivity contribution is -0.148. The van der Waals surface area contributed by atoms with E-state index in [2.05, 4.69) is 5.32 Å². The van der Waals surface area contributed by atoms with Gasteiger partial charge in [-0.2, -0.15) is 0 Å².